The Hall–Kier alpha value is -2.38. The number of alkyl halides is 3. The number of nitrogens with zero attached hydrogens (tertiary/aromatic N) is 4. The molecule has 0 N–H and O–H groups in total. The Labute approximate surface area is 125 Å². The highest BCUT2D eigenvalue weighted by Gasteiger charge is 2.40. The van der Waals surface area contributed by atoms with Crippen LogP contribution in [-0.4, -0.2) is 32.6 Å². The maximum atomic E-state index is 13.0. The van der Waals surface area contributed by atoms with Crippen molar-refractivity contribution in [3.63, 3.8) is 0 Å². The lowest BCUT2D eigenvalue weighted by Crippen LogP contribution is -2.31. The molecule has 2 rings (SSSR count). The number of hydrogen-bond donors (Lipinski definition) is 0. The molecule has 0 saturated carbocycles. The summed E-state index contributed by atoms with van der Waals surface area (Å²) in [7, 11) is 2.61. The Morgan fingerprint density at radius 3 is 2.59 bits per heavy atom. The molecule has 8 heteroatoms. The second-order valence-electron chi connectivity index (χ2n) is 4.91. The van der Waals surface area contributed by atoms with Crippen LogP contribution in [0.25, 0.3) is 0 Å². The summed E-state index contributed by atoms with van der Waals surface area (Å²) in [5.74, 6) is -0.739. The van der Waals surface area contributed by atoms with E-state index in [-0.39, 0.29) is 0 Å². The van der Waals surface area contributed by atoms with Gasteiger partial charge in [0.15, 0.2) is 5.69 Å². The first-order valence-corrected chi connectivity index (χ1v) is 6.49. The van der Waals surface area contributed by atoms with Gasteiger partial charge in [0.25, 0.3) is 5.91 Å². The van der Waals surface area contributed by atoms with Gasteiger partial charge in [-0.15, -0.1) is 0 Å². The van der Waals surface area contributed by atoms with E-state index in [4.69, 9.17) is 0 Å². The number of halogens is 3. The molecule has 0 unspecified atom stereocenters. The number of carbonyl (C=O) groups is 1. The molecule has 22 heavy (non-hydrogen) atoms. The molecule has 2 heterocycles. The molecular weight excluding hydrogens is 297 g/mol. The Balaban J connectivity index is 2.33. The van der Waals surface area contributed by atoms with Gasteiger partial charge in [-0.2, -0.15) is 18.3 Å². The number of hydrogen-bond acceptors (Lipinski definition) is 3. The molecule has 0 spiro atoms. The van der Waals surface area contributed by atoms with Crippen LogP contribution in [0.5, 0.6) is 0 Å². The Morgan fingerprint density at radius 1 is 1.36 bits per heavy atom. The molecule has 1 atom stereocenters. The molecule has 0 bridgehead atoms. The standard InChI is InChI=1S/C14H15F3N4O/c1-9(10-5-4-6-18-7-10)20(2)13(22)11-8-19-21(3)12(11)14(15,16)17/h4-9H,1-3H3/t9-/m1/s1. The molecule has 0 radical (unpaired) electrons. The highest BCUT2D eigenvalue weighted by Crippen LogP contribution is 2.32. The number of carbonyl (C=O) groups excluding carboxylic acids is 1. The molecule has 0 aromatic carbocycles. The van der Waals surface area contributed by atoms with E-state index in [1.54, 1.807) is 31.5 Å². The van der Waals surface area contributed by atoms with Crippen molar-refractivity contribution < 1.29 is 18.0 Å². The topological polar surface area (TPSA) is 51.0 Å². The molecule has 118 valence electrons. The molecule has 0 saturated heterocycles. The van der Waals surface area contributed by atoms with Crippen molar-refractivity contribution in [1.29, 1.82) is 0 Å². The third-order valence-electron chi connectivity index (χ3n) is 3.51. The summed E-state index contributed by atoms with van der Waals surface area (Å²) in [5, 5.41) is 3.56. The van der Waals surface area contributed by atoms with E-state index in [0.717, 1.165) is 18.8 Å². The Morgan fingerprint density at radius 2 is 2.05 bits per heavy atom. The van der Waals surface area contributed by atoms with Gasteiger partial charge in [-0.25, -0.2) is 0 Å². The van der Waals surface area contributed by atoms with E-state index in [1.807, 2.05) is 0 Å². The molecular formula is C14H15F3N4O. The van der Waals surface area contributed by atoms with Crippen molar-refractivity contribution in [1.82, 2.24) is 19.7 Å². The third kappa shape index (κ3) is 2.95. The van der Waals surface area contributed by atoms with Crippen LogP contribution in [0.4, 0.5) is 13.2 Å². The zero-order valence-corrected chi connectivity index (χ0v) is 12.3. The number of aryl methyl sites for hydroxylation is 1. The summed E-state index contributed by atoms with van der Waals surface area (Å²) in [6.45, 7) is 1.72. The van der Waals surface area contributed by atoms with Gasteiger partial charge in [-0.3, -0.25) is 14.5 Å². The lowest BCUT2D eigenvalue weighted by Gasteiger charge is -2.25. The SMILES string of the molecule is C[C@H](c1cccnc1)N(C)C(=O)c1cnn(C)c1C(F)(F)F. The second-order valence-corrected chi connectivity index (χ2v) is 4.91. The number of amides is 1. The number of aromatic nitrogens is 3. The van der Waals surface area contributed by atoms with E-state index in [2.05, 4.69) is 10.1 Å². The predicted molar refractivity (Wildman–Crippen MR) is 73.0 cm³/mol. The van der Waals surface area contributed by atoms with Gasteiger partial charge in [0.2, 0.25) is 0 Å². The summed E-state index contributed by atoms with van der Waals surface area (Å²) in [4.78, 5) is 17.6. The van der Waals surface area contributed by atoms with Crippen molar-refractivity contribution in [2.24, 2.45) is 7.05 Å². The van der Waals surface area contributed by atoms with Crippen LogP contribution < -0.4 is 0 Å². The average Bonchev–Trinajstić information content (AvgIpc) is 2.87. The fourth-order valence-electron chi connectivity index (χ4n) is 2.14. The summed E-state index contributed by atoms with van der Waals surface area (Å²) < 4.78 is 39.8. The minimum Gasteiger partial charge on any atom is -0.335 e. The molecule has 2 aromatic rings. The second kappa shape index (κ2) is 5.78. The quantitative estimate of drug-likeness (QED) is 0.875. The summed E-state index contributed by atoms with van der Waals surface area (Å²) in [5.41, 5.74) is -0.785. The van der Waals surface area contributed by atoms with Gasteiger partial charge < -0.3 is 4.90 Å². The van der Waals surface area contributed by atoms with Gasteiger partial charge in [0, 0.05) is 26.5 Å². The average molecular weight is 312 g/mol. The van der Waals surface area contributed by atoms with E-state index in [9.17, 15) is 18.0 Å². The normalized spacial score (nSPS) is 13.0. The van der Waals surface area contributed by atoms with Crippen molar-refractivity contribution in [2.45, 2.75) is 19.1 Å². The number of pyridine rings is 1. The molecule has 0 aliphatic rings. The zero-order valence-electron chi connectivity index (χ0n) is 12.3. The first-order valence-electron chi connectivity index (χ1n) is 6.49. The highest BCUT2D eigenvalue weighted by atomic mass is 19.4. The fourth-order valence-corrected chi connectivity index (χ4v) is 2.14. The van der Waals surface area contributed by atoms with Crippen LogP contribution in [0, 0.1) is 0 Å². The van der Waals surface area contributed by atoms with Crippen molar-refractivity contribution in [3.05, 3.63) is 47.5 Å². The van der Waals surface area contributed by atoms with Crippen molar-refractivity contribution in [2.75, 3.05) is 7.05 Å². The fraction of sp³-hybridized carbons (Fsp3) is 0.357. The van der Waals surface area contributed by atoms with E-state index in [1.165, 1.54) is 11.9 Å². The minimum absolute atomic E-state index is 0.414. The zero-order chi connectivity index (χ0) is 16.5. The molecule has 0 aliphatic carbocycles. The molecule has 5 nitrogen and oxygen atoms in total. The van der Waals surface area contributed by atoms with Crippen molar-refractivity contribution >= 4 is 5.91 Å². The Kier molecular flexibility index (Phi) is 4.20. The maximum absolute atomic E-state index is 13.0. The largest absolute Gasteiger partial charge is 0.433 e. The molecule has 0 fully saturated rings. The van der Waals surface area contributed by atoms with Crippen LogP contribution >= 0.6 is 0 Å². The van der Waals surface area contributed by atoms with E-state index >= 15 is 0 Å². The monoisotopic (exact) mass is 312 g/mol. The van der Waals surface area contributed by atoms with Crippen LogP contribution in [0.15, 0.2) is 30.7 Å². The lowest BCUT2D eigenvalue weighted by molar-refractivity contribution is -0.144. The van der Waals surface area contributed by atoms with E-state index < -0.39 is 29.4 Å². The smallest absolute Gasteiger partial charge is 0.335 e. The number of rotatable bonds is 3. The summed E-state index contributed by atoms with van der Waals surface area (Å²) in [6, 6.07) is 3.05. The highest BCUT2D eigenvalue weighted by molar-refractivity contribution is 5.95. The van der Waals surface area contributed by atoms with Gasteiger partial charge in [-0.1, -0.05) is 6.07 Å². The third-order valence-corrected chi connectivity index (χ3v) is 3.51. The van der Waals surface area contributed by atoms with Crippen LogP contribution in [0.2, 0.25) is 0 Å². The van der Waals surface area contributed by atoms with Crippen molar-refractivity contribution in [3.8, 4) is 0 Å². The molecule has 1 amide bonds. The van der Waals surface area contributed by atoms with E-state index in [0.29, 0.717) is 4.68 Å². The van der Waals surface area contributed by atoms with Crippen LogP contribution in [0.3, 0.4) is 0 Å². The first kappa shape index (κ1) is 16.0. The first-order chi connectivity index (χ1) is 10.2. The summed E-state index contributed by atoms with van der Waals surface area (Å²) in [6.07, 6.45) is -0.546. The predicted octanol–water partition coefficient (Wildman–Crippen LogP) is 2.67. The Bertz CT molecular complexity index is 666. The van der Waals surface area contributed by atoms with Crippen LogP contribution in [0.1, 0.15) is 34.6 Å². The van der Waals surface area contributed by atoms with Gasteiger partial charge in [0.05, 0.1) is 17.8 Å². The van der Waals surface area contributed by atoms with Gasteiger partial charge in [0.1, 0.15) is 0 Å². The maximum Gasteiger partial charge on any atom is 0.433 e. The lowest BCUT2D eigenvalue weighted by atomic mass is 10.1. The minimum atomic E-state index is -4.64. The summed E-state index contributed by atoms with van der Waals surface area (Å²) >= 11 is 0. The molecule has 0 aliphatic heterocycles. The van der Waals surface area contributed by atoms with Gasteiger partial charge in [-0.05, 0) is 18.6 Å². The molecule has 2 aromatic heterocycles. The van der Waals surface area contributed by atoms with Gasteiger partial charge >= 0.3 is 6.18 Å². The van der Waals surface area contributed by atoms with Crippen LogP contribution in [-0.2, 0) is 13.2 Å².